The first kappa shape index (κ1) is 31.4. The Bertz CT molecular complexity index is 1470. The molecule has 3 aromatic rings. The van der Waals surface area contributed by atoms with Gasteiger partial charge in [0.15, 0.2) is 11.7 Å². The number of pyridine rings is 2. The van der Waals surface area contributed by atoms with E-state index >= 15 is 0 Å². The van der Waals surface area contributed by atoms with Gasteiger partial charge in [-0.25, -0.2) is 9.97 Å². The number of rotatable bonds is 12. The number of ether oxygens (including phenoxy) is 1. The van der Waals surface area contributed by atoms with Gasteiger partial charge in [-0.1, -0.05) is 0 Å². The van der Waals surface area contributed by atoms with E-state index in [9.17, 15) is 9.59 Å². The molecule has 0 aromatic carbocycles. The summed E-state index contributed by atoms with van der Waals surface area (Å²) in [5, 5.41) is 9.08. The first-order valence-electron chi connectivity index (χ1n) is 16.8. The Morgan fingerprint density at radius 1 is 0.956 bits per heavy atom. The second-order valence-corrected chi connectivity index (χ2v) is 13.4. The number of methoxy groups -OCH3 is 1. The third kappa shape index (κ3) is 7.63. The number of anilines is 1. The Balaban J connectivity index is 1.16. The number of ketones is 1. The van der Waals surface area contributed by atoms with E-state index in [1.807, 2.05) is 30.0 Å². The summed E-state index contributed by atoms with van der Waals surface area (Å²) in [5.41, 5.74) is 3.75. The Morgan fingerprint density at radius 2 is 1.69 bits per heavy atom. The lowest BCUT2D eigenvalue weighted by molar-refractivity contribution is -0.124. The SMILES string of the molecule is COc1ccc(C2CCC(CN(C(=O)C3CCC(CCC(=O)CO)CC3)c3cc(-c4coc(C5CC5)n4)ccn3)CC2)nc1C. The molecule has 240 valence electrons. The highest BCUT2D eigenvalue weighted by Gasteiger charge is 2.34. The maximum atomic E-state index is 14.3. The van der Waals surface area contributed by atoms with E-state index in [4.69, 9.17) is 29.2 Å². The molecule has 0 radical (unpaired) electrons. The zero-order chi connectivity index (χ0) is 31.3. The molecule has 0 saturated heterocycles. The minimum Gasteiger partial charge on any atom is -0.495 e. The average Bonchev–Trinajstić information content (AvgIpc) is 3.82. The molecular formula is C36H46N4O5. The van der Waals surface area contributed by atoms with Gasteiger partial charge < -0.3 is 14.3 Å². The largest absolute Gasteiger partial charge is 0.495 e. The van der Waals surface area contributed by atoms with Crippen LogP contribution in [0, 0.1) is 24.7 Å². The molecule has 9 nitrogen and oxygen atoms in total. The van der Waals surface area contributed by atoms with Crippen LogP contribution in [0.15, 0.2) is 41.1 Å². The van der Waals surface area contributed by atoms with Crippen LogP contribution in [0.4, 0.5) is 5.82 Å². The average molecular weight is 615 g/mol. The summed E-state index contributed by atoms with van der Waals surface area (Å²) in [6.07, 6.45) is 14.6. The van der Waals surface area contributed by atoms with Crippen LogP contribution in [-0.4, -0.2) is 52.0 Å². The Morgan fingerprint density at radius 3 is 2.38 bits per heavy atom. The minimum atomic E-state index is -0.386. The van der Waals surface area contributed by atoms with Crippen LogP contribution in [0.3, 0.4) is 0 Å². The summed E-state index contributed by atoms with van der Waals surface area (Å²) in [6.45, 7) is 2.25. The summed E-state index contributed by atoms with van der Waals surface area (Å²) in [6, 6.07) is 8.05. The molecule has 3 saturated carbocycles. The van der Waals surface area contributed by atoms with Crippen molar-refractivity contribution >= 4 is 17.5 Å². The highest BCUT2D eigenvalue weighted by atomic mass is 16.5. The third-order valence-electron chi connectivity index (χ3n) is 10.2. The molecule has 0 bridgehead atoms. The Hall–Kier alpha value is -3.59. The van der Waals surface area contributed by atoms with Crippen molar-refractivity contribution in [3.63, 3.8) is 0 Å². The van der Waals surface area contributed by atoms with Gasteiger partial charge in [0.05, 0.1) is 12.8 Å². The molecule has 0 aliphatic heterocycles. The molecular weight excluding hydrogens is 568 g/mol. The van der Waals surface area contributed by atoms with E-state index in [0.717, 1.165) is 105 Å². The number of nitrogens with zero attached hydrogens (tertiary/aromatic N) is 4. The molecule has 3 aliphatic rings. The van der Waals surface area contributed by atoms with E-state index < -0.39 is 0 Å². The number of aryl methyl sites for hydroxylation is 1. The molecule has 3 heterocycles. The predicted molar refractivity (Wildman–Crippen MR) is 171 cm³/mol. The van der Waals surface area contributed by atoms with Crippen molar-refractivity contribution in [1.29, 1.82) is 0 Å². The van der Waals surface area contributed by atoms with E-state index in [0.29, 0.717) is 42.5 Å². The maximum absolute atomic E-state index is 14.3. The van der Waals surface area contributed by atoms with Crippen LogP contribution in [-0.2, 0) is 9.59 Å². The van der Waals surface area contributed by atoms with Crippen LogP contribution in [0.1, 0.15) is 106 Å². The van der Waals surface area contributed by atoms with Crippen molar-refractivity contribution in [2.75, 3.05) is 25.2 Å². The van der Waals surface area contributed by atoms with Crippen molar-refractivity contribution < 1.29 is 23.8 Å². The number of hydrogen-bond donors (Lipinski definition) is 1. The maximum Gasteiger partial charge on any atom is 0.231 e. The van der Waals surface area contributed by atoms with Crippen molar-refractivity contribution in [2.45, 2.75) is 95.8 Å². The van der Waals surface area contributed by atoms with Crippen LogP contribution in [0.5, 0.6) is 5.75 Å². The van der Waals surface area contributed by atoms with Crippen molar-refractivity contribution in [3.8, 4) is 17.0 Å². The minimum absolute atomic E-state index is 0.0587. The van der Waals surface area contributed by atoms with Crippen molar-refractivity contribution in [1.82, 2.24) is 15.0 Å². The van der Waals surface area contributed by atoms with Gasteiger partial charge in [-0.3, -0.25) is 19.5 Å². The number of oxazole rings is 1. The Kier molecular flexibility index (Phi) is 9.93. The quantitative estimate of drug-likeness (QED) is 0.237. The fourth-order valence-electron chi connectivity index (χ4n) is 7.23. The number of hydrogen-bond acceptors (Lipinski definition) is 8. The highest BCUT2D eigenvalue weighted by molar-refractivity contribution is 5.94. The number of amides is 1. The second-order valence-electron chi connectivity index (χ2n) is 13.4. The smallest absolute Gasteiger partial charge is 0.231 e. The molecule has 0 unspecified atom stereocenters. The van der Waals surface area contributed by atoms with E-state index in [1.54, 1.807) is 19.6 Å². The van der Waals surface area contributed by atoms with Crippen LogP contribution < -0.4 is 9.64 Å². The fraction of sp³-hybridized carbons (Fsp3) is 0.583. The normalized spacial score (nSPS) is 23.4. The van der Waals surface area contributed by atoms with Gasteiger partial charge in [0.2, 0.25) is 5.91 Å². The predicted octanol–water partition coefficient (Wildman–Crippen LogP) is 6.78. The summed E-state index contributed by atoms with van der Waals surface area (Å²) in [7, 11) is 1.68. The lowest BCUT2D eigenvalue weighted by Gasteiger charge is -2.35. The third-order valence-corrected chi connectivity index (χ3v) is 10.2. The van der Waals surface area contributed by atoms with Crippen LogP contribution in [0.25, 0.3) is 11.3 Å². The number of carbonyl (C=O) groups is 2. The first-order valence-corrected chi connectivity index (χ1v) is 16.8. The fourth-order valence-corrected chi connectivity index (χ4v) is 7.23. The molecule has 3 aromatic heterocycles. The number of carbonyl (C=O) groups excluding carboxylic acids is 2. The van der Waals surface area contributed by atoms with Gasteiger partial charge in [0.1, 0.15) is 30.1 Å². The summed E-state index contributed by atoms with van der Waals surface area (Å²) < 4.78 is 11.2. The molecule has 1 amide bonds. The molecule has 1 N–H and O–H groups in total. The van der Waals surface area contributed by atoms with Crippen LogP contribution in [0.2, 0.25) is 0 Å². The van der Waals surface area contributed by atoms with Gasteiger partial charge in [-0.05, 0) is 114 Å². The number of aliphatic hydroxyl groups is 1. The molecule has 45 heavy (non-hydrogen) atoms. The number of aromatic nitrogens is 3. The summed E-state index contributed by atoms with van der Waals surface area (Å²) in [5.74, 6) is 3.94. The molecule has 6 rings (SSSR count). The standard InChI is InChI=1S/C36H46N4O5/c1-23-33(44-2)16-15-31(38-23)26-8-5-25(6-9-26)20-40(36(43)28-10-3-24(4-11-28)7-14-30(42)21-41)34-19-29(17-18-37-34)32-22-45-35(39-32)27-12-13-27/h15-19,22,24-28,41H,3-14,20-21H2,1-2H3. The number of aliphatic hydroxyl groups excluding tert-OH is 1. The lowest BCUT2D eigenvalue weighted by atomic mass is 9.78. The number of Topliss-reactive ketones (excluding diaryl/α,β-unsaturated/α-hetero) is 1. The van der Waals surface area contributed by atoms with Crippen molar-refractivity contribution in [3.05, 3.63) is 54.0 Å². The second kappa shape index (κ2) is 14.2. The van der Waals surface area contributed by atoms with E-state index in [2.05, 4.69) is 6.07 Å². The van der Waals surface area contributed by atoms with Gasteiger partial charge in [-0.15, -0.1) is 0 Å². The molecule has 3 aliphatic carbocycles. The topological polar surface area (TPSA) is 119 Å². The van der Waals surface area contributed by atoms with Gasteiger partial charge in [0, 0.05) is 48.2 Å². The summed E-state index contributed by atoms with van der Waals surface area (Å²) in [4.78, 5) is 42.2. The van der Waals surface area contributed by atoms with Gasteiger partial charge >= 0.3 is 0 Å². The first-order chi connectivity index (χ1) is 21.9. The van der Waals surface area contributed by atoms with Gasteiger partial charge in [0.25, 0.3) is 0 Å². The van der Waals surface area contributed by atoms with Crippen LogP contribution >= 0.6 is 0 Å². The van der Waals surface area contributed by atoms with E-state index in [-0.39, 0.29) is 24.2 Å². The Labute approximate surface area is 265 Å². The van der Waals surface area contributed by atoms with Crippen molar-refractivity contribution in [2.24, 2.45) is 17.8 Å². The molecule has 0 atom stereocenters. The highest BCUT2D eigenvalue weighted by Crippen LogP contribution is 2.41. The summed E-state index contributed by atoms with van der Waals surface area (Å²) >= 11 is 0. The van der Waals surface area contributed by atoms with Gasteiger partial charge in [-0.2, -0.15) is 0 Å². The zero-order valence-electron chi connectivity index (χ0n) is 26.6. The molecule has 3 fully saturated rings. The molecule has 0 spiro atoms. The molecule has 9 heteroatoms. The lowest BCUT2D eigenvalue weighted by Crippen LogP contribution is -2.42. The van der Waals surface area contributed by atoms with E-state index in [1.165, 1.54) is 0 Å². The zero-order valence-corrected chi connectivity index (χ0v) is 26.6. The monoisotopic (exact) mass is 614 g/mol.